The zero-order valence-electron chi connectivity index (χ0n) is 14.2. The molecule has 0 rings (SSSR count). The molecule has 0 atom stereocenters. The minimum Gasteiger partial charge on any atom is -0.382 e. The quantitative estimate of drug-likeness (QED) is 0.430. The second-order valence-corrected chi connectivity index (χ2v) is 3.81. The van der Waals surface area contributed by atoms with Crippen molar-refractivity contribution in [3.05, 3.63) is 0 Å². The van der Waals surface area contributed by atoms with Crippen molar-refractivity contribution < 1.29 is 28.4 Å². The molecule has 0 amide bonds. The highest BCUT2D eigenvalue weighted by atomic mass is 16.5. The van der Waals surface area contributed by atoms with Gasteiger partial charge in [-0.1, -0.05) is 0 Å². The van der Waals surface area contributed by atoms with Crippen molar-refractivity contribution >= 4 is 0 Å². The van der Waals surface area contributed by atoms with E-state index in [0.29, 0.717) is 52.9 Å². The number of hydrogen-bond donors (Lipinski definition) is 0. The Hall–Kier alpha value is -0.240. The Morgan fingerprint density at radius 1 is 0.429 bits per heavy atom. The van der Waals surface area contributed by atoms with Crippen molar-refractivity contribution in [1.82, 2.24) is 0 Å². The Morgan fingerprint density at radius 2 is 0.714 bits per heavy atom. The lowest BCUT2D eigenvalue weighted by Crippen LogP contribution is -2.08. The molecule has 0 saturated carbocycles. The molecule has 0 aromatic rings. The highest BCUT2D eigenvalue weighted by Crippen LogP contribution is 1.80. The van der Waals surface area contributed by atoms with Gasteiger partial charge in [0.25, 0.3) is 0 Å². The summed E-state index contributed by atoms with van der Waals surface area (Å²) in [4.78, 5) is 0. The van der Waals surface area contributed by atoms with Gasteiger partial charge >= 0.3 is 0 Å². The molecule has 0 fully saturated rings. The predicted molar refractivity (Wildman–Crippen MR) is 83.0 cm³/mol. The van der Waals surface area contributed by atoms with E-state index in [-0.39, 0.29) is 0 Å². The molecule has 0 unspecified atom stereocenters. The average molecular weight is 310 g/mol. The minimum absolute atomic E-state index is 0.656. The third-order valence-corrected chi connectivity index (χ3v) is 2.16. The Kier molecular flexibility index (Phi) is 27.2. The van der Waals surface area contributed by atoms with E-state index in [9.17, 15) is 0 Å². The summed E-state index contributed by atoms with van der Waals surface area (Å²) in [6, 6.07) is 0. The molecule has 0 aromatic carbocycles. The van der Waals surface area contributed by atoms with Crippen LogP contribution in [-0.4, -0.2) is 79.8 Å². The molecule has 0 radical (unpaired) electrons. The summed E-state index contributed by atoms with van der Waals surface area (Å²) in [7, 11) is 1.66. The maximum Gasteiger partial charge on any atom is 0.0701 e. The normalized spacial score (nSPS) is 10.3. The summed E-state index contributed by atoms with van der Waals surface area (Å²) in [6.45, 7) is 13.5. The summed E-state index contributed by atoms with van der Waals surface area (Å²) in [6.07, 6.45) is 0. The van der Waals surface area contributed by atoms with Gasteiger partial charge in [-0.2, -0.15) is 0 Å². The lowest BCUT2D eigenvalue weighted by molar-refractivity contribution is 0.0195. The molecule has 0 spiro atoms. The maximum absolute atomic E-state index is 5.19. The highest BCUT2D eigenvalue weighted by molar-refractivity contribution is 4.31. The standard InChI is InChI=1S/C8H18O3.C7H16O3/c1-3-9-5-7-11-8-6-10-4-2;1-3-9-6-7-10-5-4-8-2/h3-8H2,1-2H3;3-7H2,1-2H3. The third kappa shape index (κ3) is 28.6. The average Bonchev–Trinajstić information content (AvgIpc) is 2.51. The SMILES string of the molecule is CCOCCOCCOC.CCOCCOCCOCC. The largest absolute Gasteiger partial charge is 0.382 e. The molecule has 0 aliphatic carbocycles. The van der Waals surface area contributed by atoms with Crippen molar-refractivity contribution in [1.29, 1.82) is 0 Å². The Labute approximate surface area is 130 Å². The fourth-order valence-electron chi connectivity index (χ4n) is 1.13. The van der Waals surface area contributed by atoms with Crippen LogP contribution in [0.25, 0.3) is 0 Å². The van der Waals surface area contributed by atoms with Gasteiger partial charge in [-0.05, 0) is 20.8 Å². The molecule has 0 aromatic heterocycles. The van der Waals surface area contributed by atoms with Crippen molar-refractivity contribution in [2.45, 2.75) is 20.8 Å². The first-order valence-corrected chi connectivity index (χ1v) is 7.70. The van der Waals surface area contributed by atoms with Crippen molar-refractivity contribution in [2.24, 2.45) is 0 Å². The lowest BCUT2D eigenvalue weighted by atomic mass is 10.7. The predicted octanol–water partition coefficient (Wildman–Crippen LogP) is 1.76. The van der Waals surface area contributed by atoms with E-state index in [1.165, 1.54) is 0 Å². The van der Waals surface area contributed by atoms with Gasteiger partial charge in [0.05, 0.1) is 52.9 Å². The van der Waals surface area contributed by atoms with Gasteiger partial charge < -0.3 is 28.4 Å². The van der Waals surface area contributed by atoms with Gasteiger partial charge in [0, 0.05) is 26.9 Å². The van der Waals surface area contributed by atoms with Crippen molar-refractivity contribution in [3.8, 4) is 0 Å². The fraction of sp³-hybridized carbons (Fsp3) is 1.00. The number of hydrogen-bond acceptors (Lipinski definition) is 6. The molecule has 0 bridgehead atoms. The van der Waals surface area contributed by atoms with Crippen LogP contribution in [0.3, 0.4) is 0 Å². The van der Waals surface area contributed by atoms with Crippen molar-refractivity contribution in [2.75, 3.05) is 79.8 Å². The summed E-state index contributed by atoms with van der Waals surface area (Å²) in [5.41, 5.74) is 0. The zero-order valence-corrected chi connectivity index (χ0v) is 14.2. The van der Waals surface area contributed by atoms with Crippen LogP contribution in [0, 0.1) is 0 Å². The molecule has 130 valence electrons. The van der Waals surface area contributed by atoms with Gasteiger partial charge in [0.2, 0.25) is 0 Å². The van der Waals surface area contributed by atoms with E-state index in [1.807, 2.05) is 20.8 Å². The Morgan fingerprint density at radius 3 is 1.00 bits per heavy atom. The number of ether oxygens (including phenoxy) is 6. The Balaban J connectivity index is 0. The molecule has 0 aliphatic rings. The molecule has 6 heteroatoms. The maximum atomic E-state index is 5.19. The molecule has 21 heavy (non-hydrogen) atoms. The van der Waals surface area contributed by atoms with E-state index in [2.05, 4.69) is 0 Å². The second kappa shape index (κ2) is 24.8. The van der Waals surface area contributed by atoms with Crippen LogP contribution in [0.15, 0.2) is 0 Å². The molecule has 6 nitrogen and oxygen atoms in total. The molecule has 0 N–H and O–H groups in total. The lowest BCUT2D eigenvalue weighted by Gasteiger charge is -2.03. The van der Waals surface area contributed by atoms with Crippen molar-refractivity contribution in [3.63, 3.8) is 0 Å². The van der Waals surface area contributed by atoms with Crippen LogP contribution < -0.4 is 0 Å². The van der Waals surface area contributed by atoms with Crippen LogP contribution >= 0.6 is 0 Å². The zero-order chi connectivity index (χ0) is 16.0. The minimum atomic E-state index is 0.656. The van der Waals surface area contributed by atoms with Crippen LogP contribution in [0.5, 0.6) is 0 Å². The van der Waals surface area contributed by atoms with E-state index >= 15 is 0 Å². The summed E-state index contributed by atoms with van der Waals surface area (Å²) >= 11 is 0. The van der Waals surface area contributed by atoms with Gasteiger partial charge in [-0.3, -0.25) is 0 Å². The molecule has 0 aliphatic heterocycles. The molecule has 0 saturated heterocycles. The van der Waals surface area contributed by atoms with Gasteiger partial charge in [-0.15, -0.1) is 0 Å². The topological polar surface area (TPSA) is 55.4 Å². The highest BCUT2D eigenvalue weighted by Gasteiger charge is 1.87. The van der Waals surface area contributed by atoms with Crippen LogP contribution in [-0.2, 0) is 28.4 Å². The third-order valence-electron chi connectivity index (χ3n) is 2.16. The first-order valence-electron chi connectivity index (χ1n) is 7.70. The second-order valence-electron chi connectivity index (χ2n) is 3.81. The summed E-state index contributed by atoms with van der Waals surface area (Å²) < 4.78 is 30.3. The first-order chi connectivity index (χ1) is 10.3. The molecule has 0 heterocycles. The van der Waals surface area contributed by atoms with Gasteiger partial charge in [0.1, 0.15) is 0 Å². The first kappa shape index (κ1) is 23.0. The Bertz CT molecular complexity index is 141. The van der Waals surface area contributed by atoms with Gasteiger partial charge in [-0.25, -0.2) is 0 Å². The van der Waals surface area contributed by atoms with E-state index < -0.39 is 0 Å². The van der Waals surface area contributed by atoms with E-state index in [4.69, 9.17) is 28.4 Å². The summed E-state index contributed by atoms with van der Waals surface area (Å²) in [5.74, 6) is 0. The van der Waals surface area contributed by atoms with Crippen LogP contribution in [0.2, 0.25) is 0 Å². The molecular formula is C15H34O6. The monoisotopic (exact) mass is 310 g/mol. The summed E-state index contributed by atoms with van der Waals surface area (Å²) in [5, 5.41) is 0. The van der Waals surface area contributed by atoms with Crippen LogP contribution in [0.1, 0.15) is 20.8 Å². The van der Waals surface area contributed by atoms with Crippen LogP contribution in [0.4, 0.5) is 0 Å². The fourth-order valence-corrected chi connectivity index (χ4v) is 1.13. The van der Waals surface area contributed by atoms with E-state index in [0.717, 1.165) is 19.8 Å². The van der Waals surface area contributed by atoms with Gasteiger partial charge in [0.15, 0.2) is 0 Å². The molecular weight excluding hydrogens is 276 g/mol. The number of methoxy groups -OCH3 is 1. The smallest absolute Gasteiger partial charge is 0.0701 e. The van der Waals surface area contributed by atoms with E-state index in [1.54, 1.807) is 7.11 Å². The number of rotatable bonds is 15.